The molecule has 1 aromatic carbocycles. The van der Waals surface area contributed by atoms with Crippen molar-refractivity contribution in [1.29, 1.82) is 0 Å². The molecule has 7 nitrogen and oxygen atoms in total. The summed E-state index contributed by atoms with van der Waals surface area (Å²) >= 11 is 3.42. The molecule has 124 valence electrons. The van der Waals surface area contributed by atoms with Crippen molar-refractivity contribution in [3.63, 3.8) is 0 Å². The van der Waals surface area contributed by atoms with E-state index < -0.39 is 11.9 Å². The number of esters is 2. The summed E-state index contributed by atoms with van der Waals surface area (Å²) < 4.78 is 20.9. The lowest BCUT2D eigenvalue weighted by molar-refractivity contribution is -0.140. The number of nitrogens with zero attached hydrogens (tertiary/aromatic N) is 1. The number of ether oxygens (including phenoxy) is 4. The Hall–Kier alpha value is -2.06. The molecule has 0 fully saturated rings. The summed E-state index contributed by atoms with van der Waals surface area (Å²) in [5.41, 5.74) is 0.783. The third-order valence-corrected chi connectivity index (χ3v) is 3.95. The topological polar surface area (TPSA) is 74.3 Å². The Labute approximate surface area is 141 Å². The molecule has 0 atom stereocenters. The first-order valence-corrected chi connectivity index (χ1v) is 7.41. The molecule has 0 bridgehead atoms. The van der Waals surface area contributed by atoms with E-state index in [-0.39, 0.29) is 24.6 Å². The van der Waals surface area contributed by atoms with Crippen LogP contribution >= 0.6 is 15.9 Å². The summed E-state index contributed by atoms with van der Waals surface area (Å²) in [7, 11) is 4.03. The largest absolute Gasteiger partial charge is 0.497 e. The average Bonchev–Trinajstić information content (AvgIpc) is 2.60. The summed E-state index contributed by atoms with van der Waals surface area (Å²) in [6, 6.07) is 5.26. The van der Waals surface area contributed by atoms with Gasteiger partial charge < -0.3 is 23.8 Å². The maximum Gasteiger partial charge on any atom is 0.355 e. The number of benzene rings is 1. The molecule has 23 heavy (non-hydrogen) atoms. The van der Waals surface area contributed by atoms with Gasteiger partial charge in [-0.05, 0) is 28.1 Å². The van der Waals surface area contributed by atoms with Crippen LogP contribution in [0.3, 0.4) is 0 Å². The Balaban J connectivity index is 2.59. The van der Waals surface area contributed by atoms with Gasteiger partial charge in [0.25, 0.3) is 0 Å². The van der Waals surface area contributed by atoms with Gasteiger partial charge >= 0.3 is 11.9 Å². The zero-order valence-corrected chi connectivity index (χ0v) is 14.5. The summed E-state index contributed by atoms with van der Waals surface area (Å²) in [5, 5.41) is 0. The van der Waals surface area contributed by atoms with Crippen molar-refractivity contribution < 1.29 is 28.5 Å². The van der Waals surface area contributed by atoms with Crippen LogP contribution in [-0.2, 0) is 23.8 Å². The lowest BCUT2D eigenvalue weighted by Crippen LogP contribution is -2.39. The van der Waals surface area contributed by atoms with Crippen molar-refractivity contribution in [2.45, 2.75) is 0 Å². The maximum absolute atomic E-state index is 12.2. The summed E-state index contributed by atoms with van der Waals surface area (Å²) in [6.45, 7) is 0.0475. The van der Waals surface area contributed by atoms with Gasteiger partial charge in [-0.1, -0.05) is 0 Å². The number of hydrogen-bond acceptors (Lipinski definition) is 7. The summed E-state index contributed by atoms with van der Waals surface area (Å²) in [4.78, 5) is 25.7. The van der Waals surface area contributed by atoms with Crippen LogP contribution in [0, 0.1) is 0 Å². The lowest BCUT2D eigenvalue weighted by Gasteiger charge is -2.32. The number of hydrogen-bond donors (Lipinski definition) is 0. The molecule has 8 heteroatoms. The van der Waals surface area contributed by atoms with E-state index in [4.69, 9.17) is 18.9 Å². The van der Waals surface area contributed by atoms with Crippen molar-refractivity contribution in [3.05, 3.63) is 33.9 Å². The van der Waals surface area contributed by atoms with Crippen LogP contribution in [0.15, 0.2) is 33.9 Å². The van der Waals surface area contributed by atoms with E-state index in [1.54, 1.807) is 18.2 Å². The fraction of sp³-hybridized carbons (Fsp3) is 0.333. The monoisotopic (exact) mass is 385 g/mol. The van der Waals surface area contributed by atoms with Crippen LogP contribution in [-0.4, -0.2) is 46.6 Å². The maximum atomic E-state index is 12.2. The predicted molar refractivity (Wildman–Crippen MR) is 85.1 cm³/mol. The Morgan fingerprint density at radius 3 is 2.48 bits per heavy atom. The second-order valence-corrected chi connectivity index (χ2v) is 5.39. The smallest absolute Gasteiger partial charge is 0.355 e. The number of halogens is 1. The number of anilines is 1. The fourth-order valence-corrected chi connectivity index (χ4v) is 2.62. The van der Waals surface area contributed by atoms with Crippen molar-refractivity contribution in [1.82, 2.24) is 0 Å². The Bertz CT molecular complexity index is 657. The van der Waals surface area contributed by atoms with Gasteiger partial charge in [0.15, 0.2) is 0 Å². The van der Waals surface area contributed by atoms with E-state index in [2.05, 4.69) is 15.9 Å². The number of carbonyl (C=O) groups excluding carboxylic acids is 2. The van der Waals surface area contributed by atoms with E-state index in [9.17, 15) is 9.59 Å². The van der Waals surface area contributed by atoms with Crippen molar-refractivity contribution in [2.24, 2.45) is 0 Å². The molecule has 0 saturated carbocycles. The standard InChI is InChI=1S/C15H16BrNO6/c1-20-9-4-5-11(16)12(6-9)17-8-23-7-10(14(18)21-2)13(17)15(19)22-3/h4-6H,7-8H2,1-3H3. The molecule has 1 aromatic rings. The first-order chi connectivity index (χ1) is 11.0. The van der Waals surface area contributed by atoms with Crippen LogP contribution < -0.4 is 9.64 Å². The second kappa shape index (κ2) is 7.47. The molecule has 0 N–H and O–H groups in total. The third kappa shape index (κ3) is 3.48. The molecule has 0 aromatic heterocycles. The van der Waals surface area contributed by atoms with Crippen molar-refractivity contribution in [3.8, 4) is 5.75 Å². The molecule has 0 radical (unpaired) electrons. The molecular weight excluding hydrogens is 370 g/mol. The van der Waals surface area contributed by atoms with Crippen LogP contribution in [0.5, 0.6) is 5.75 Å². The minimum atomic E-state index is -0.650. The van der Waals surface area contributed by atoms with Gasteiger partial charge in [-0.3, -0.25) is 0 Å². The van der Waals surface area contributed by atoms with Gasteiger partial charge in [0, 0.05) is 10.5 Å². The fourth-order valence-electron chi connectivity index (χ4n) is 2.16. The molecule has 0 unspecified atom stereocenters. The summed E-state index contributed by atoms with van der Waals surface area (Å²) in [6.07, 6.45) is 0. The zero-order valence-electron chi connectivity index (χ0n) is 12.9. The van der Waals surface area contributed by atoms with Gasteiger partial charge in [0.1, 0.15) is 18.2 Å². The zero-order chi connectivity index (χ0) is 17.0. The van der Waals surface area contributed by atoms with Gasteiger partial charge in [0.05, 0.1) is 39.2 Å². The molecule has 0 amide bonds. The molecular formula is C15H16BrNO6. The highest BCUT2D eigenvalue weighted by Gasteiger charge is 2.33. The van der Waals surface area contributed by atoms with E-state index in [0.717, 1.165) is 0 Å². The molecule has 0 aliphatic carbocycles. The molecule has 1 aliphatic heterocycles. The average molecular weight is 386 g/mol. The minimum Gasteiger partial charge on any atom is -0.497 e. The Kier molecular flexibility index (Phi) is 5.62. The number of rotatable bonds is 4. The summed E-state index contributed by atoms with van der Waals surface area (Å²) in [5.74, 6) is -0.699. The van der Waals surface area contributed by atoms with Gasteiger partial charge in [-0.15, -0.1) is 0 Å². The van der Waals surface area contributed by atoms with Crippen LogP contribution in [0.25, 0.3) is 0 Å². The highest BCUT2D eigenvalue weighted by atomic mass is 79.9. The van der Waals surface area contributed by atoms with Crippen molar-refractivity contribution >= 4 is 33.6 Å². The van der Waals surface area contributed by atoms with E-state index in [1.165, 1.54) is 26.2 Å². The predicted octanol–water partition coefficient (Wildman–Crippen LogP) is 1.85. The van der Waals surface area contributed by atoms with Crippen molar-refractivity contribution in [2.75, 3.05) is 39.6 Å². The van der Waals surface area contributed by atoms with E-state index in [1.807, 2.05) is 0 Å². The molecule has 0 saturated heterocycles. The first-order valence-electron chi connectivity index (χ1n) is 6.62. The number of carbonyl (C=O) groups is 2. The first kappa shape index (κ1) is 17.3. The molecule has 0 spiro atoms. The van der Waals surface area contributed by atoms with Gasteiger partial charge in [-0.25, -0.2) is 9.59 Å². The molecule has 1 aliphatic rings. The van der Waals surface area contributed by atoms with E-state index >= 15 is 0 Å². The highest BCUT2D eigenvalue weighted by molar-refractivity contribution is 9.10. The molecule has 1 heterocycles. The Morgan fingerprint density at radius 1 is 1.17 bits per heavy atom. The van der Waals surface area contributed by atoms with Gasteiger partial charge in [-0.2, -0.15) is 0 Å². The van der Waals surface area contributed by atoms with E-state index in [0.29, 0.717) is 15.9 Å². The van der Waals surface area contributed by atoms with Gasteiger partial charge in [0.2, 0.25) is 0 Å². The third-order valence-electron chi connectivity index (χ3n) is 3.28. The van der Waals surface area contributed by atoms with Crippen LogP contribution in [0.1, 0.15) is 0 Å². The lowest BCUT2D eigenvalue weighted by atomic mass is 10.1. The van der Waals surface area contributed by atoms with Crippen LogP contribution in [0.4, 0.5) is 5.69 Å². The Morgan fingerprint density at radius 2 is 1.87 bits per heavy atom. The van der Waals surface area contributed by atoms with Crippen LogP contribution in [0.2, 0.25) is 0 Å². The second-order valence-electron chi connectivity index (χ2n) is 4.53. The molecule has 2 rings (SSSR count). The SMILES string of the molecule is COC(=O)C1=C(C(=O)OC)N(c2cc(OC)ccc2Br)COC1. The minimum absolute atomic E-state index is 0.0325. The highest BCUT2D eigenvalue weighted by Crippen LogP contribution is 2.35. The number of methoxy groups -OCH3 is 3. The normalized spacial score (nSPS) is 14.5. The quantitative estimate of drug-likeness (QED) is 0.732.